The van der Waals surface area contributed by atoms with Crippen molar-refractivity contribution in [2.45, 2.75) is 45.6 Å². The summed E-state index contributed by atoms with van der Waals surface area (Å²) in [6.45, 7) is 4.17. The summed E-state index contributed by atoms with van der Waals surface area (Å²) >= 11 is 0. The maximum atomic E-state index is 12.7. The first-order valence-electron chi connectivity index (χ1n) is 9.19. The van der Waals surface area contributed by atoms with Gasteiger partial charge in [-0.25, -0.2) is 9.59 Å². The van der Waals surface area contributed by atoms with E-state index in [2.05, 4.69) is 17.6 Å². The first-order valence-corrected chi connectivity index (χ1v) is 9.19. The number of esters is 1. The Kier molecular flexibility index (Phi) is 7.52. The number of carbonyl (C=O) groups excluding carboxylic acids is 2. The number of hydrogen-bond donors (Lipinski definition) is 2. The van der Waals surface area contributed by atoms with Gasteiger partial charge in [0.25, 0.3) is 0 Å². The smallest absolute Gasteiger partial charge is 0.338 e. The van der Waals surface area contributed by atoms with Crippen LogP contribution in [0.25, 0.3) is 0 Å². The molecule has 2 rings (SSSR count). The molecule has 0 aromatic heterocycles. The van der Waals surface area contributed by atoms with Gasteiger partial charge in [0.05, 0.1) is 32.4 Å². The van der Waals surface area contributed by atoms with Crippen molar-refractivity contribution in [3.8, 4) is 11.5 Å². The summed E-state index contributed by atoms with van der Waals surface area (Å²) in [5, 5.41) is 5.43. The van der Waals surface area contributed by atoms with Gasteiger partial charge in [0.2, 0.25) is 0 Å². The molecule has 0 bridgehead atoms. The highest BCUT2D eigenvalue weighted by Gasteiger charge is 2.34. The fraction of sp³-hybridized carbons (Fsp3) is 0.500. The van der Waals surface area contributed by atoms with E-state index in [-0.39, 0.29) is 6.03 Å². The van der Waals surface area contributed by atoms with Crippen LogP contribution in [-0.2, 0) is 9.53 Å². The minimum Gasteiger partial charge on any atom is -0.497 e. The third kappa shape index (κ3) is 5.15. The van der Waals surface area contributed by atoms with Crippen LogP contribution in [0.1, 0.15) is 51.1 Å². The van der Waals surface area contributed by atoms with Crippen LogP contribution in [0.2, 0.25) is 0 Å². The molecule has 1 aliphatic heterocycles. The number of benzene rings is 1. The molecule has 0 unspecified atom stereocenters. The summed E-state index contributed by atoms with van der Waals surface area (Å²) in [6, 6.07) is 4.17. The maximum Gasteiger partial charge on any atom is 0.338 e. The molecule has 0 radical (unpaired) electrons. The Hall–Kier alpha value is -2.70. The molecule has 7 heteroatoms. The fourth-order valence-corrected chi connectivity index (χ4v) is 3.03. The minimum atomic E-state index is -0.688. The number of amides is 2. The average molecular weight is 376 g/mol. The van der Waals surface area contributed by atoms with Gasteiger partial charge in [-0.1, -0.05) is 26.2 Å². The van der Waals surface area contributed by atoms with Gasteiger partial charge < -0.3 is 24.8 Å². The van der Waals surface area contributed by atoms with Crippen LogP contribution < -0.4 is 20.1 Å². The van der Waals surface area contributed by atoms with E-state index in [1.807, 2.05) is 0 Å². The lowest BCUT2D eigenvalue weighted by Gasteiger charge is -2.29. The number of methoxy groups -OCH3 is 2. The van der Waals surface area contributed by atoms with Gasteiger partial charge in [0.15, 0.2) is 0 Å². The number of unbranched alkanes of at least 4 members (excludes halogenated alkanes) is 3. The molecule has 1 heterocycles. The number of rotatable bonds is 9. The highest BCUT2D eigenvalue weighted by Crippen LogP contribution is 2.35. The van der Waals surface area contributed by atoms with Crippen LogP contribution in [0.5, 0.6) is 11.5 Å². The van der Waals surface area contributed by atoms with E-state index in [0.29, 0.717) is 34.9 Å². The number of carbonyl (C=O) groups is 2. The Morgan fingerprint density at radius 3 is 2.59 bits per heavy atom. The standard InChI is InChI=1S/C20H28N2O5/c1-5-6-7-8-11-27-19(23)17-13(2)21-20(24)22-18(17)15-12-14(25-3)9-10-16(15)26-4/h9-10,12,18H,5-8,11H2,1-4H3,(H2,21,22,24)/t18-/m1/s1. The van der Waals surface area contributed by atoms with E-state index in [0.717, 1.165) is 25.7 Å². The zero-order valence-corrected chi connectivity index (χ0v) is 16.4. The third-order valence-corrected chi connectivity index (χ3v) is 4.47. The largest absolute Gasteiger partial charge is 0.497 e. The molecular weight excluding hydrogens is 348 g/mol. The van der Waals surface area contributed by atoms with E-state index in [9.17, 15) is 9.59 Å². The van der Waals surface area contributed by atoms with Crippen molar-refractivity contribution in [1.82, 2.24) is 10.6 Å². The Morgan fingerprint density at radius 1 is 1.15 bits per heavy atom. The van der Waals surface area contributed by atoms with Crippen LogP contribution in [0.3, 0.4) is 0 Å². The molecule has 2 N–H and O–H groups in total. The first kappa shape index (κ1) is 20.6. The highest BCUT2D eigenvalue weighted by molar-refractivity contribution is 5.95. The third-order valence-electron chi connectivity index (χ3n) is 4.47. The first-order chi connectivity index (χ1) is 13.0. The summed E-state index contributed by atoms with van der Waals surface area (Å²) in [4.78, 5) is 24.8. The van der Waals surface area contributed by atoms with Crippen molar-refractivity contribution >= 4 is 12.0 Å². The molecule has 0 saturated carbocycles. The van der Waals surface area contributed by atoms with Crippen molar-refractivity contribution in [1.29, 1.82) is 0 Å². The van der Waals surface area contributed by atoms with Gasteiger partial charge in [-0.3, -0.25) is 0 Å². The van der Waals surface area contributed by atoms with E-state index in [1.165, 1.54) is 7.11 Å². The van der Waals surface area contributed by atoms with Crippen molar-refractivity contribution in [3.05, 3.63) is 35.0 Å². The monoisotopic (exact) mass is 376 g/mol. The molecule has 0 aliphatic carbocycles. The van der Waals surface area contributed by atoms with E-state index in [1.54, 1.807) is 32.2 Å². The van der Waals surface area contributed by atoms with Crippen molar-refractivity contribution in [3.63, 3.8) is 0 Å². The quantitative estimate of drug-likeness (QED) is 0.509. The minimum absolute atomic E-state index is 0.353. The molecular formula is C20H28N2O5. The summed E-state index contributed by atoms with van der Waals surface area (Å²) in [5.74, 6) is 0.693. The molecule has 7 nitrogen and oxygen atoms in total. The Labute approximate surface area is 160 Å². The number of nitrogens with one attached hydrogen (secondary N) is 2. The molecule has 148 valence electrons. The number of allylic oxidation sites excluding steroid dienone is 1. The zero-order chi connectivity index (χ0) is 19.8. The fourth-order valence-electron chi connectivity index (χ4n) is 3.03. The molecule has 0 spiro atoms. The topological polar surface area (TPSA) is 85.9 Å². The normalized spacial score (nSPS) is 16.4. The van der Waals surface area contributed by atoms with Gasteiger partial charge >= 0.3 is 12.0 Å². The summed E-state index contributed by atoms with van der Waals surface area (Å²) < 4.78 is 16.2. The van der Waals surface area contributed by atoms with Crippen molar-refractivity contribution in [2.75, 3.05) is 20.8 Å². The lowest BCUT2D eigenvalue weighted by Crippen LogP contribution is -2.45. The van der Waals surface area contributed by atoms with Gasteiger partial charge in [-0.2, -0.15) is 0 Å². The average Bonchev–Trinajstić information content (AvgIpc) is 2.66. The van der Waals surface area contributed by atoms with E-state index >= 15 is 0 Å². The molecule has 1 aromatic rings. The SMILES string of the molecule is CCCCCCOC(=O)C1=C(C)NC(=O)N[C@@H]1c1cc(OC)ccc1OC. The predicted octanol–water partition coefficient (Wildman–Crippen LogP) is 3.46. The lowest BCUT2D eigenvalue weighted by atomic mass is 9.94. The molecule has 0 saturated heterocycles. The second-order valence-corrected chi connectivity index (χ2v) is 6.37. The van der Waals surface area contributed by atoms with Gasteiger partial charge in [-0.05, 0) is 31.5 Å². The maximum absolute atomic E-state index is 12.7. The zero-order valence-electron chi connectivity index (χ0n) is 16.4. The van der Waals surface area contributed by atoms with Crippen LogP contribution in [0.4, 0.5) is 4.79 Å². The molecule has 1 atom stereocenters. The van der Waals surface area contributed by atoms with Crippen LogP contribution in [0.15, 0.2) is 29.5 Å². The van der Waals surface area contributed by atoms with E-state index in [4.69, 9.17) is 14.2 Å². The van der Waals surface area contributed by atoms with Crippen LogP contribution in [0, 0.1) is 0 Å². The highest BCUT2D eigenvalue weighted by atomic mass is 16.5. The van der Waals surface area contributed by atoms with Crippen molar-refractivity contribution in [2.24, 2.45) is 0 Å². The number of hydrogen-bond acceptors (Lipinski definition) is 5. The predicted molar refractivity (Wildman–Crippen MR) is 102 cm³/mol. The molecule has 27 heavy (non-hydrogen) atoms. The number of ether oxygens (including phenoxy) is 3. The van der Waals surface area contributed by atoms with Gasteiger partial charge in [0, 0.05) is 11.3 Å². The summed E-state index contributed by atoms with van der Waals surface area (Å²) in [5.41, 5.74) is 1.45. The lowest BCUT2D eigenvalue weighted by molar-refractivity contribution is -0.139. The second kappa shape index (κ2) is 9.85. The molecule has 1 aromatic carbocycles. The Balaban J connectivity index is 2.29. The molecule has 2 amide bonds. The second-order valence-electron chi connectivity index (χ2n) is 6.37. The van der Waals surface area contributed by atoms with Crippen LogP contribution in [-0.4, -0.2) is 32.8 Å². The Morgan fingerprint density at radius 2 is 1.93 bits per heavy atom. The van der Waals surface area contributed by atoms with Gasteiger partial charge in [-0.15, -0.1) is 0 Å². The van der Waals surface area contributed by atoms with E-state index < -0.39 is 12.0 Å². The summed E-state index contributed by atoms with van der Waals surface area (Å²) in [6.07, 6.45) is 4.06. The summed E-state index contributed by atoms with van der Waals surface area (Å²) in [7, 11) is 3.09. The number of urea groups is 1. The van der Waals surface area contributed by atoms with Crippen LogP contribution >= 0.6 is 0 Å². The molecule has 0 fully saturated rings. The molecule has 1 aliphatic rings. The Bertz CT molecular complexity index is 714. The van der Waals surface area contributed by atoms with Gasteiger partial charge in [0.1, 0.15) is 11.5 Å². The van der Waals surface area contributed by atoms with Crippen molar-refractivity contribution < 1.29 is 23.8 Å².